The lowest BCUT2D eigenvalue weighted by molar-refractivity contribution is -0.131. The molecule has 0 spiro atoms. The SMILES string of the molecule is NC1CC[C@@H]2CN(C(=O)CC3CCCC3)C[C@@H]2C1. The second-order valence-corrected chi connectivity index (χ2v) is 6.75. The van der Waals surface area contributed by atoms with Gasteiger partial charge >= 0.3 is 0 Å². The molecule has 0 aromatic carbocycles. The lowest BCUT2D eigenvalue weighted by atomic mass is 9.79. The van der Waals surface area contributed by atoms with Crippen molar-refractivity contribution in [1.82, 2.24) is 4.90 Å². The Morgan fingerprint density at radius 1 is 1.06 bits per heavy atom. The molecule has 3 heteroatoms. The number of amides is 1. The molecule has 2 N–H and O–H groups in total. The Labute approximate surface area is 110 Å². The standard InChI is InChI=1S/C15H26N2O/c16-14-6-5-12-9-17(10-13(12)8-14)15(18)7-11-3-1-2-4-11/h11-14H,1-10,16H2/t12-,13+,14?/m1/s1. The number of nitrogens with two attached hydrogens (primary N) is 1. The van der Waals surface area contributed by atoms with E-state index in [1.54, 1.807) is 0 Å². The Morgan fingerprint density at radius 3 is 2.56 bits per heavy atom. The Bertz CT molecular complexity index is 312. The van der Waals surface area contributed by atoms with Crippen LogP contribution in [0.15, 0.2) is 0 Å². The molecular formula is C15H26N2O. The fraction of sp³-hybridized carbons (Fsp3) is 0.933. The average molecular weight is 250 g/mol. The summed E-state index contributed by atoms with van der Waals surface area (Å²) < 4.78 is 0. The molecular weight excluding hydrogens is 224 g/mol. The molecule has 1 aliphatic heterocycles. The van der Waals surface area contributed by atoms with E-state index in [4.69, 9.17) is 5.73 Å². The highest BCUT2D eigenvalue weighted by Gasteiger charge is 2.38. The Kier molecular flexibility index (Phi) is 3.60. The summed E-state index contributed by atoms with van der Waals surface area (Å²) in [5.41, 5.74) is 6.04. The normalized spacial score (nSPS) is 36.9. The van der Waals surface area contributed by atoms with Crippen LogP contribution in [0.4, 0.5) is 0 Å². The molecule has 0 aromatic heterocycles. The molecule has 2 saturated carbocycles. The van der Waals surface area contributed by atoms with Crippen LogP contribution in [0.1, 0.15) is 51.4 Å². The van der Waals surface area contributed by atoms with Gasteiger partial charge in [0.1, 0.15) is 0 Å². The molecule has 0 radical (unpaired) electrons. The minimum absolute atomic E-state index is 0.385. The first-order valence-corrected chi connectivity index (χ1v) is 7.75. The average Bonchev–Trinajstić information content (AvgIpc) is 2.96. The number of nitrogens with zero attached hydrogens (tertiary/aromatic N) is 1. The predicted octanol–water partition coefficient (Wildman–Crippen LogP) is 2.15. The summed E-state index contributed by atoms with van der Waals surface area (Å²) in [5, 5.41) is 0. The van der Waals surface area contributed by atoms with E-state index in [1.807, 2.05) is 0 Å². The zero-order valence-corrected chi connectivity index (χ0v) is 11.3. The number of hydrogen-bond acceptors (Lipinski definition) is 2. The number of hydrogen-bond donors (Lipinski definition) is 1. The van der Waals surface area contributed by atoms with E-state index in [-0.39, 0.29) is 0 Å². The fourth-order valence-corrected chi connectivity index (χ4v) is 4.26. The van der Waals surface area contributed by atoms with Gasteiger partial charge < -0.3 is 10.6 Å². The highest BCUT2D eigenvalue weighted by atomic mass is 16.2. The zero-order valence-electron chi connectivity index (χ0n) is 11.3. The maximum absolute atomic E-state index is 12.3. The zero-order chi connectivity index (χ0) is 12.5. The van der Waals surface area contributed by atoms with Crippen LogP contribution >= 0.6 is 0 Å². The second-order valence-electron chi connectivity index (χ2n) is 6.75. The maximum atomic E-state index is 12.3. The van der Waals surface area contributed by atoms with Crippen molar-refractivity contribution < 1.29 is 4.79 Å². The number of carbonyl (C=O) groups excluding carboxylic acids is 1. The molecule has 102 valence electrons. The van der Waals surface area contributed by atoms with Crippen LogP contribution in [0, 0.1) is 17.8 Å². The van der Waals surface area contributed by atoms with Gasteiger partial charge in [0, 0.05) is 25.6 Å². The molecule has 18 heavy (non-hydrogen) atoms. The smallest absolute Gasteiger partial charge is 0.222 e. The summed E-state index contributed by atoms with van der Waals surface area (Å²) in [7, 11) is 0. The third kappa shape index (κ3) is 2.56. The van der Waals surface area contributed by atoms with Gasteiger partial charge in [-0.15, -0.1) is 0 Å². The van der Waals surface area contributed by atoms with Crippen molar-refractivity contribution in [3.8, 4) is 0 Å². The fourth-order valence-electron chi connectivity index (χ4n) is 4.26. The minimum atomic E-state index is 0.385. The molecule has 0 aromatic rings. The van der Waals surface area contributed by atoms with Crippen LogP contribution < -0.4 is 5.73 Å². The highest BCUT2D eigenvalue weighted by molar-refractivity contribution is 5.76. The van der Waals surface area contributed by atoms with Gasteiger partial charge in [-0.05, 0) is 49.9 Å². The van der Waals surface area contributed by atoms with Crippen LogP contribution in [0.2, 0.25) is 0 Å². The Morgan fingerprint density at radius 2 is 1.78 bits per heavy atom. The van der Waals surface area contributed by atoms with Crippen LogP contribution in [-0.2, 0) is 4.79 Å². The predicted molar refractivity (Wildman–Crippen MR) is 72.0 cm³/mol. The van der Waals surface area contributed by atoms with E-state index in [0.29, 0.717) is 23.8 Å². The maximum Gasteiger partial charge on any atom is 0.222 e. The van der Waals surface area contributed by atoms with Crippen molar-refractivity contribution in [3.05, 3.63) is 0 Å². The second kappa shape index (κ2) is 5.20. The van der Waals surface area contributed by atoms with Crippen molar-refractivity contribution in [2.45, 2.75) is 57.4 Å². The van der Waals surface area contributed by atoms with E-state index >= 15 is 0 Å². The van der Waals surface area contributed by atoms with Gasteiger partial charge in [0.25, 0.3) is 0 Å². The van der Waals surface area contributed by atoms with E-state index in [1.165, 1.54) is 32.1 Å². The minimum Gasteiger partial charge on any atom is -0.342 e. The number of fused-ring (bicyclic) bond motifs is 1. The Balaban J connectivity index is 1.52. The van der Waals surface area contributed by atoms with E-state index in [2.05, 4.69) is 4.90 Å². The lowest BCUT2D eigenvalue weighted by Crippen LogP contribution is -2.32. The Hall–Kier alpha value is -0.570. The summed E-state index contributed by atoms with van der Waals surface area (Å²) in [5.74, 6) is 2.55. The summed E-state index contributed by atoms with van der Waals surface area (Å²) in [6.45, 7) is 2.01. The molecule has 1 saturated heterocycles. The third-order valence-corrected chi connectivity index (χ3v) is 5.38. The topological polar surface area (TPSA) is 46.3 Å². The molecule has 3 fully saturated rings. The molecule has 3 rings (SSSR count). The summed E-state index contributed by atoms with van der Waals surface area (Å²) in [4.78, 5) is 14.5. The van der Waals surface area contributed by atoms with Crippen LogP contribution in [0.5, 0.6) is 0 Å². The van der Waals surface area contributed by atoms with Gasteiger partial charge in [-0.25, -0.2) is 0 Å². The molecule has 3 nitrogen and oxygen atoms in total. The van der Waals surface area contributed by atoms with Crippen molar-refractivity contribution in [1.29, 1.82) is 0 Å². The molecule has 3 aliphatic rings. The van der Waals surface area contributed by atoms with Gasteiger partial charge in [-0.1, -0.05) is 12.8 Å². The summed E-state index contributed by atoms with van der Waals surface area (Å²) >= 11 is 0. The van der Waals surface area contributed by atoms with Gasteiger partial charge in [0.15, 0.2) is 0 Å². The summed E-state index contributed by atoms with van der Waals surface area (Å²) in [6.07, 6.45) is 9.55. The van der Waals surface area contributed by atoms with Crippen LogP contribution in [0.3, 0.4) is 0 Å². The largest absolute Gasteiger partial charge is 0.342 e. The van der Waals surface area contributed by atoms with Crippen LogP contribution in [0.25, 0.3) is 0 Å². The molecule has 1 amide bonds. The quantitative estimate of drug-likeness (QED) is 0.816. The lowest BCUT2D eigenvalue weighted by Gasteiger charge is -2.27. The van der Waals surface area contributed by atoms with Gasteiger partial charge in [-0.2, -0.15) is 0 Å². The molecule has 3 atom stereocenters. The number of likely N-dealkylation sites (tertiary alicyclic amines) is 1. The third-order valence-electron chi connectivity index (χ3n) is 5.38. The highest BCUT2D eigenvalue weighted by Crippen LogP contribution is 2.36. The van der Waals surface area contributed by atoms with Crippen molar-refractivity contribution in [2.24, 2.45) is 23.5 Å². The van der Waals surface area contributed by atoms with E-state index < -0.39 is 0 Å². The van der Waals surface area contributed by atoms with E-state index in [9.17, 15) is 4.79 Å². The molecule has 1 heterocycles. The van der Waals surface area contributed by atoms with Crippen molar-refractivity contribution >= 4 is 5.91 Å². The molecule has 2 aliphatic carbocycles. The molecule has 0 bridgehead atoms. The number of rotatable bonds is 2. The van der Waals surface area contributed by atoms with Gasteiger partial charge in [-0.3, -0.25) is 4.79 Å². The van der Waals surface area contributed by atoms with Gasteiger partial charge in [0.2, 0.25) is 5.91 Å². The number of carbonyl (C=O) groups is 1. The van der Waals surface area contributed by atoms with Crippen molar-refractivity contribution in [2.75, 3.05) is 13.1 Å². The first-order chi connectivity index (χ1) is 8.72. The molecule has 1 unspecified atom stereocenters. The first-order valence-electron chi connectivity index (χ1n) is 7.75. The van der Waals surface area contributed by atoms with Gasteiger partial charge in [0.05, 0.1) is 0 Å². The van der Waals surface area contributed by atoms with Crippen molar-refractivity contribution in [3.63, 3.8) is 0 Å². The first kappa shape index (κ1) is 12.5. The van der Waals surface area contributed by atoms with Crippen LogP contribution in [-0.4, -0.2) is 29.9 Å². The van der Waals surface area contributed by atoms with E-state index in [0.717, 1.165) is 38.3 Å². The monoisotopic (exact) mass is 250 g/mol. The summed E-state index contributed by atoms with van der Waals surface area (Å²) in [6, 6.07) is 0.385.